The van der Waals surface area contributed by atoms with Gasteiger partial charge in [0, 0.05) is 0 Å². The van der Waals surface area contributed by atoms with Crippen molar-refractivity contribution in [3.63, 3.8) is 0 Å². The Morgan fingerprint density at radius 1 is 0.783 bits per heavy atom. The summed E-state index contributed by atoms with van der Waals surface area (Å²) in [4.78, 5) is 0. The number of hydrogen-bond donors (Lipinski definition) is 0. The number of fused-ring (bicyclic) bond motifs is 2. The maximum Gasteiger partial charge on any atom is 0.187 e. The van der Waals surface area contributed by atoms with Crippen molar-refractivity contribution in [2.75, 3.05) is 6.61 Å². The molecule has 2 heterocycles. The zero-order valence-corrected chi connectivity index (χ0v) is 12.8. The van der Waals surface area contributed by atoms with E-state index in [0.717, 1.165) is 11.1 Å². The first-order chi connectivity index (χ1) is 11.4. The Bertz CT molecular complexity index is 560. The van der Waals surface area contributed by atoms with Gasteiger partial charge in [-0.25, -0.2) is 0 Å². The minimum Gasteiger partial charge on any atom is -0.368 e. The van der Waals surface area contributed by atoms with Gasteiger partial charge in [-0.3, -0.25) is 0 Å². The lowest BCUT2D eigenvalue weighted by atomic mass is 10.1. The van der Waals surface area contributed by atoms with Crippen LogP contribution in [0.1, 0.15) is 11.1 Å². The highest BCUT2D eigenvalue weighted by molar-refractivity contribution is 5.14. The van der Waals surface area contributed by atoms with Crippen LogP contribution in [0, 0.1) is 0 Å². The maximum absolute atomic E-state index is 6.09. The number of ether oxygens (including phenoxy) is 4. The molecule has 4 atom stereocenters. The van der Waals surface area contributed by atoms with Crippen LogP contribution in [0.3, 0.4) is 0 Å². The Morgan fingerprint density at radius 2 is 1.35 bits per heavy atom. The van der Waals surface area contributed by atoms with Gasteiger partial charge in [0.15, 0.2) is 6.29 Å². The van der Waals surface area contributed by atoms with Gasteiger partial charge in [-0.05, 0) is 11.1 Å². The lowest BCUT2D eigenvalue weighted by molar-refractivity contribution is -0.157. The summed E-state index contributed by atoms with van der Waals surface area (Å²) in [5.74, 6) is 0. The molecule has 2 saturated heterocycles. The monoisotopic (exact) mass is 312 g/mol. The second-order valence-electron chi connectivity index (χ2n) is 5.90. The molecule has 2 bridgehead atoms. The Labute approximate surface area is 135 Å². The quantitative estimate of drug-likeness (QED) is 0.822. The molecule has 0 amide bonds. The molecule has 0 radical (unpaired) electrons. The van der Waals surface area contributed by atoms with Gasteiger partial charge in [0.2, 0.25) is 0 Å². The first-order valence-electron chi connectivity index (χ1n) is 7.98. The topological polar surface area (TPSA) is 36.9 Å². The third-order valence-electron chi connectivity index (χ3n) is 4.26. The van der Waals surface area contributed by atoms with Gasteiger partial charge in [-0.1, -0.05) is 60.7 Å². The van der Waals surface area contributed by atoms with Gasteiger partial charge in [0.25, 0.3) is 0 Å². The average Bonchev–Trinajstić information content (AvgIpc) is 3.21. The predicted molar refractivity (Wildman–Crippen MR) is 84.7 cm³/mol. The molecular weight excluding hydrogens is 292 g/mol. The molecule has 0 saturated carbocycles. The summed E-state index contributed by atoms with van der Waals surface area (Å²) < 4.78 is 23.6. The van der Waals surface area contributed by atoms with Crippen molar-refractivity contribution in [1.82, 2.24) is 0 Å². The largest absolute Gasteiger partial charge is 0.368 e. The molecule has 4 rings (SSSR count). The summed E-state index contributed by atoms with van der Waals surface area (Å²) in [6.07, 6.45) is -0.621. The molecule has 2 fully saturated rings. The summed E-state index contributed by atoms with van der Waals surface area (Å²) in [5, 5.41) is 0. The fourth-order valence-corrected chi connectivity index (χ4v) is 3.06. The molecule has 4 heteroatoms. The maximum atomic E-state index is 6.09. The van der Waals surface area contributed by atoms with Crippen molar-refractivity contribution >= 4 is 0 Å². The van der Waals surface area contributed by atoms with Crippen LogP contribution in [-0.4, -0.2) is 31.2 Å². The van der Waals surface area contributed by atoms with E-state index < -0.39 is 0 Å². The summed E-state index contributed by atoms with van der Waals surface area (Å²) in [6, 6.07) is 20.3. The van der Waals surface area contributed by atoms with E-state index in [4.69, 9.17) is 18.9 Å². The summed E-state index contributed by atoms with van der Waals surface area (Å²) >= 11 is 0. The van der Waals surface area contributed by atoms with Gasteiger partial charge in [-0.2, -0.15) is 0 Å². The predicted octanol–water partition coefficient (Wildman–Crippen LogP) is 2.91. The summed E-state index contributed by atoms with van der Waals surface area (Å²) in [6.45, 7) is 1.67. The highest BCUT2D eigenvalue weighted by Gasteiger charge is 2.52. The Morgan fingerprint density at radius 3 is 1.96 bits per heavy atom. The highest BCUT2D eigenvalue weighted by Crippen LogP contribution is 2.34. The minimum absolute atomic E-state index is 0.0375. The molecule has 4 nitrogen and oxygen atoms in total. The van der Waals surface area contributed by atoms with Crippen LogP contribution in [0.15, 0.2) is 60.7 Å². The van der Waals surface area contributed by atoms with Crippen molar-refractivity contribution in [3.05, 3.63) is 71.8 Å². The van der Waals surface area contributed by atoms with Crippen LogP contribution in [0.5, 0.6) is 0 Å². The Balaban J connectivity index is 1.38. The van der Waals surface area contributed by atoms with Crippen LogP contribution in [0.4, 0.5) is 0 Å². The van der Waals surface area contributed by atoms with Gasteiger partial charge in [0.05, 0.1) is 19.8 Å². The van der Waals surface area contributed by atoms with E-state index in [0.29, 0.717) is 19.8 Å². The molecule has 23 heavy (non-hydrogen) atoms. The number of rotatable bonds is 6. The van der Waals surface area contributed by atoms with Crippen molar-refractivity contribution in [3.8, 4) is 0 Å². The average molecular weight is 312 g/mol. The zero-order chi connectivity index (χ0) is 15.5. The Kier molecular flexibility index (Phi) is 4.39. The van der Waals surface area contributed by atoms with E-state index in [9.17, 15) is 0 Å². The molecule has 0 aromatic heterocycles. The minimum atomic E-state index is -0.315. The molecule has 2 aliphatic rings. The molecule has 0 spiro atoms. The third kappa shape index (κ3) is 3.31. The molecule has 2 aliphatic heterocycles. The summed E-state index contributed by atoms with van der Waals surface area (Å²) in [5.41, 5.74) is 2.29. The van der Waals surface area contributed by atoms with Crippen LogP contribution in [-0.2, 0) is 32.2 Å². The Hall–Kier alpha value is -1.72. The van der Waals surface area contributed by atoms with E-state index in [1.165, 1.54) is 0 Å². The molecule has 120 valence electrons. The van der Waals surface area contributed by atoms with Gasteiger partial charge in [-0.15, -0.1) is 0 Å². The van der Waals surface area contributed by atoms with E-state index in [-0.39, 0.29) is 24.6 Å². The first kappa shape index (κ1) is 14.8. The standard InChI is InChI=1S/C19H20O4/c1-3-7-14(8-4-1)11-20-17-16-13-22-19(23-16)18(17)21-12-15-9-5-2-6-10-15/h1-10,16-19H,11-13H2/t16-,17+,18-,19-/m1/s1. The highest BCUT2D eigenvalue weighted by atomic mass is 16.8. The summed E-state index contributed by atoms with van der Waals surface area (Å²) in [7, 11) is 0. The zero-order valence-electron chi connectivity index (χ0n) is 12.8. The normalized spacial score (nSPS) is 29.0. The number of benzene rings is 2. The second kappa shape index (κ2) is 6.81. The van der Waals surface area contributed by atoms with Crippen LogP contribution < -0.4 is 0 Å². The number of hydrogen-bond acceptors (Lipinski definition) is 4. The molecule has 0 N–H and O–H groups in total. The smallest absolute Gasteiger partial charge is 0.187 e. The first-order valence-corrected chi connectivity index (χ1v) is 7.98. The van der Waals surface area contributed by atoms with Crippen molar-refractivity contribution in [2.45, 2.75) is 37.8 Å². The van der Waals surface area contributed by atoms with Gasteiger partial charge < -0.3 is 18.9 Å². The SMILES string of the molecule is c1ccc(CO[C@@H]2[C@@H](OCc3ccccc3)[C@@H]3OC[C@H]2O3)cc1. The van der Waals surface area contributed by atoms with Crippen LogP contribution in [0.25, 0.3) is 0 Å². The fourth-order valence-electron chi connectivity index (χ4n) is 3.06. The lowest BCUT2D eigenvalue weighted by Gasteiger charge is -2.28. The molecule has 2 aromatic carbocycles. The van der Waals surface area contributed by atoms with Crippen LogP contribution >= 0.6 is 0 Å². The molecular formula is C19H20O4. The fraction of sp³-hybridized carbons (Fsp3) is 0.368. The van der Waals surface area contributed by atoms with Gasteiger partial charge >= 0.3 is 0 Å². The molecule has 0 unspecified atom stereocenters. The molecule has 2 aromatic rings. The van der Waals surface area contributed by atoms with E-state index in [1.54, 1.807) is 0 Å². The van der Waals surface area contributed by atoms with Crippen molar-refractivity contribution in [2.24, 2.45) is 0 Å². The van der Waals surface area contributed by atoms with E-state index in [2.05, 4.69) is 24.3 Å². The van der Waals surface area contributed by atoms with E-state index >= 15 is 0 Å². The third-order valence-corrected chi connectivity index (χ3v) is 4.26. The van der Waals surface area contributed by atoms with Crippen molar-refractivity contribution < 1.29 is 18.9 Å². The van der Waals surface area contributed by atoms with E-state index in [1.807, 2.05) is 36.4 Å². The second-order valence-corrected chi connectivity index (χ2v) is 5.90. The lowest BCUT2D eigenvalue weighted by Crippen LogP contribution is -2.43. The van der Waals surface area contributed by atoms with Crippen LogP contribution in [0.2, 0.25) is 0 Å². The molecule has 0 aliphatic carbocycles. The van der Waals surface area contributed by atoms with Gasteiger partial charge in [0.1, 0.15) is 18.3 Å². The van der Waals surface area contributed by atoms with Crippen molar-refractivity contribution in [1.29, 1.82) is 0 Å².